The number of hydrogen-bond acceptors (Lipinski definition) is 2. The van der Waals surface area contributed by atoms with Gasteiger partial charge in [-0.2, -0.15) is 0 Å². The van der Waals surface area contributed by atoms with Crippen molar-refractivity contribution < 1.29 is 5.11 Å². The molecule has 1 aromatic heterocycles. The summed E-state index contributed by atoms with van der Waals surface area (Å²) in [6.07, 6.45) is 3.27. The molecule has 0 spiro atoms. The predicted octanol–water partition coefficient (Wildman–Crippen LogP) is 2.49. The molecule has 102 valence electrons. The molecule has 3 rings (SSSR count). The second kappa shape index (κ2) is 5.35. The summed E-state index contributed by atoms with van der Waals surface area (Å²) >= 11 is 0. The molecule has 0 amide bonds. The molecule has 0 aliphatic carbocycles. The van der Waals surface area contributed by atoms with Crippen LogP contribution in [0.2, 0.25) is 0 Å². The van der Waals surface area contributed by atoms with Gasteiger partial charge in [0.15, 0.2) is 0 Å². The fourth-order valence-electron chi connectivity index (χ4n) is 3.31. The number of para-hydroxylation sites is 1. The molecule has 1 aliphatic rings. The van der Waals surface area contributed by atoms with E-state index in [-0.39, 0.29) is 0 Å². The fourth-order valence-corrected chi connectivity index (χ4v) is 3.31. The summed E-state index contributed by atoms with van der Waals surface area (Å²) in [7, 11) is 0. The van der Waals surface area contributed by atoms with Gasteiger partial charge in [0.1, 0.15) is 0 Å². The lowest BCUT2D eigenvalue weighted by molar-refractivity contribution is 0.163. The molecule has 2 aromatic rings. The van der Waals surface area contributed by atoms with E-state index in [2.05, 4.69) is 47.7 Å². The lowest BCUT2D eigenvalue weighted by Gasteiger charge is -2.33. The average Bonchev–Trinajstić information content (AvgIpc) is 2.90. The van der Waals surface area contributed by atoms with Crippen molar-refractivity contribution in [2.45, 2.75) is 19.3 Å². The van der Waals surface area contributed by atoms with Crippen molar-refractivity contribution in [2.75, 3.05) is 19.7 Å². The number of hydrogen-bond donors (Lipinski definition) is 3. The highest BCUT2D eigenvalue weighted by molar-refractivity contribution is 5.83. The Hall–Kier alpha value is -1.32. The molecule has 1 fully saturated rings. The van der Waals surface area contributed by atoms with Crippen LogP contribution in [0, 0.1) is 11.8 Å². The Labute approximate surface area is 114 Å². The Bertz CT molecular complexity index is 548. The van der Waals surface area contributed by atoms with E-state index in [1.165, 1.54) is 16.5 Å². The van der Waals surface area contributed by atoms with Gasteiger partial charge in [0.2, 0.25) is 0 Å². The zero-order valence-corrected chi connectivity index (χ0v) is 11.4. The quantitative estimate of drug-likeness (QED) is 0.792. The molecule has 0 bridgehead atoms. The van der Waals surface area contributed by atoms with Crippen LogP contribution in [0.5, 0.6) is 0 Å². The number of aromatic amines is 1. The van der Waals surface area contributed by atoms with Crippen LogP contribution in [0.4, 0.5) is 0 Å². The van der Waals surface area contributed by atoms with E-state index in [9.17, 15) is 5.11 Å². The van der Waals surface area contributed by atoms with Crippen LogP contribution in [-0.4, -0.2) is 29.8 Å². The monoisotopic (exact) mass is 258 g/mol. The Morgan fingerprint density at radius 2 is 2.16 bits per heavy atom. The molecule has 1 saturated heterocycles. The van der Waals surface area contributed by atoms with Gasteiger partial charge in [0, 0.05) is 30.3 Å². The Balaban J connectivity index is 1.85. The number of piperidine rings is 1. The molecule has 3 atom stereocenters. The van der Waals surface area contributed by atoms with E-state index in [0.29, 0.717) is 24.4 Å². The van der Waals surface area contributed by atoms with E-state index >= 15 is 0 Å². The summed E-state index contributed by atoms with van der Waals surface area (Å²) in [6.45, 7) is 4.61. The summed E-state index contributed by atoms with van der Waals surface area (Å²) in [4.78, 5) is 3.36. The lowest BCUT2D eigenvalue weighted by Crippen LogP contribution is -2.39. The molecule has 2 heterocycles. The van der Waals surface area contributed by atoms with Gasteiger partial charge in [0.05, 0.1) is 0 Å². The second-order valence-electron chi connectivity index (χ2n) is 5.78. The highest BCUT2D eigenvalue weighted by atomic mass is 16.3. The minimum Gasteiger partial charge on any atom is -0.396 e. The van der Waals surface area contributed by atoms with Crippen molar-refractivity contribution in [1.82, 2.24) is 10.3 Å². The zero-order valence-electron chi connectivity index (χ0n) is 11.4. The van der Waals surface area contributed by atoms with E-state index in [1.807, 2.05) is 0 Å². The summed E-state index contributed by atoms with van der Waals surface area (Å²) in [5.74, 6) is 1.52. The van der Waals surface area contributed by atoms with Crippen LogP contribution in [0.25, 0.3) is 10.9 Å². The van der Waals surface area contributed by atoms with Gasteiger partial charge < -0.3 is 15.4 Å². The van der Waals surface area contributed by atoms with Gasteiger partial charge in [-0.1, -0.05) is 25.1 Å². The lowest BCUT2D eigenvalue weighted by atomic mass is 9.79. The largest absolute Gasteiger partial charge is 0.396 e. The van der Waals surface area contributed by atoms with E-state index in [1.54, 1.807) is 0 Å². The van der Waals surface area contributed by atoms with Crippen molar-refractivity contribution >= 4 is 10.9 Å². The number of nitrogens with one attached hydrogen (secondary N) is 2. The SMILES string of the molecule is CC(c1c[nH]c2ccccc12)C1CNCC(CO)C1. The van der Waals surface area contributed by atoms with Crippen molar-refractivity contribution in [3.05, 3.63) is 36.0 Å². The number of aliphatic hydroxyl groups is 1. The van der Waals surface area contributed by atoms with Crippen LogP contribution >= 0.6 is 0 Å². The maximum Gasteiger partial charge on any atom is 0.0471 e. The van der Waals surface area contributed by atoms with Crippen LogP contribution in [0.3, 0.4) is 0 Å². The molecule has 19 heavy (non-hydrogen) atoms. The number of H-pyrrole nitrogens is 1. The Morgan fingerprint density at radius 3 is 3.00 bits per heavy atom. The average molecular weight is 258 g/mol. The number of benzene rings is 1. The normalized spacial score (nSPS) is 25.6. The summed E-state index contributed by atoms with van der Waals surface area (Å²) in [5, 5.41) is 14.1. The summed E-state index contributed by atoms with van der Waals surface area (Å²) in [6, 6.07) is 8.48. The second-order valence-corrected chi connectivity index (χ2v) is 5.78. The highest BCUT2D eigenvalue weighted by Gasteiger charge is 2.27. The van der Waals surface area contributed by atoms with Gasteiger partial charge in [-0.3, -0.25) is 0 Å². The van der Waals surface area contributed by atoms with E-state index < -0.39 is 0 Å². The first-order valence-corrected chi connectivity index (χ1v) is 7.17. The highest BCUT2D eigenvalue weighted by Crippen LogP contribution is 2.34. The summed E-state index contributed by atoms with van der Waals surface area (Å²) < 4.78 is 0. The third kappa shape index (κ3) is 2.40. The third-order valence-corrected chi connectivity index (χ3v) is 4.55. The fraction of sp³-hybridized carbons (Fsp3) is 0.500. The molecule has 0 saturated carbocycles. The molecule has 3 heteroatoms. The topological polar surface area (TPSA) is 48.0 Å². The van der Waals surface area contributed by atoms with Crippen LogP contribution in [-0.2, 0) is 0 Å². The first kappa shape index (κ1) is 12.7. The molecule has 1 aromatic carbocycles. The van der Waals surface area contributed by atoms with Crippen molar-refractivity contribution in [3.63, 3.8) is 0 Å². The van der Waals surface area contributed by atoms with Gasteiger partial charge in [-0.05, 0) is 42.3 Å². The maximum atomic E-state index is 9.35. The van der Waals surface area contributed by atoms with Crippen LogP contribution in [0.15, 0.2) is 30.5 Å². The smallest absolute Gasteiger partial charge is 0.0471 e. The Kier molecular flexibility index (Phi) is 3.58. The molecule has 3 unspecified atom stereocenters. The van der Waals surface area contributed by atoms with Gasteiger partial charge in [0.25, 0.3) is 0 Å². The van der Waals surface area contributed by atoms with E-state index in [4.69, 9.17) is 0 Å². The molecule has 3 nitrogen and oxygen atoms in total. The van der Waals surface area contributed by atoms with Crippen molar-refractivity contribution in [2.24, 2.45) is 11.8 Å². The molecule has 1 aliphatic heterocycles. The standard InChI is InChI=1S/C16H22N2O/c1-11(13-6-12(10-19)7-17-8-13)15-9-18-16-5-3-2-4-14(15)16/h2-5,9,11-13,17-19H,6-8,10H2,1H3. The van der Waals surface area contributed by atoms with Gasteiger partial charge in [-0.15, -0.1) is 0 Å². The van der Waals surface area contributed by atoms with Crippen molar-refractivity contribution in [1.29, 1.82) is 0 Å². The maximum absolute atomic E-state index is 9.35. The van der Waals surface area contributed by atoms with Gasteiger partial charge in [-0.25, -0.2) is 0 Å². The van der Waals surface area contributed by atoms with Gasteiger partial charge >= 0.3 is 0 Å². The number of aliphatic hydroxyl groups excluding tert-OH is 1. The molecule has 3 N–H and O–H groups in total. The minimum atomic E-state index is 0.296. The van der Waals surface area contributed by atoms with E-state index in [0.717, 1.165) is 19.5 Å². The first-order valence-electron chi connectivity index (χ1n) is 7.17. The van der Waals surface area contributed by atoms with Crippen LogP contribution < -0.4 is 5.32 Å². The molecular formula is C16H22N2O. The molecule has 0 radical (unpaired) electrons. The first-order chi connectivity index (χ1) is 9.29. The minimum absolute atomic E-state index is 0.296. The number of aromatic nitrogens is 1. The van der Waals surface area contributed by atoms with Crippen LogP contribution in [0.1, 0.15) is 24.8 Å². The third-order valence-electron chi connectivity index (χ3n) is 4.55. The number of rotatable bonds is 3. The molecular weight excluding hydrogens is 236 g/mol. The predicted molar refractivity (Wildman–Crippen MR) is 78.3 cm³/mol. The summed E-state index contributed by atoms with van der Waals surface area (Å²) in [5.41, 5.74) is 2.62. The zero-order chi connectivity index (χ0) is 13.2. The van der Waals surface area contributed by atoms with Crippen molar-refractivity contribution in [3.8, 4) is 0 Å². The Morgan fingerprint density at radius 1 is 1.32 bits per heavy atom. The number of fused-ring (bicyclic) bond motifs is 1.